The van der Waals surface area contributed by atoms with Crippen LogP contribution in [0.1, 0.15) is 36.0 Å². The Labute approximate surface area is 150 Å². The predicted molar refractivity (Wildman–Crippen MR) is 96.9 cm³/mol. The van der Waals surface area contributed by atoms with E-state index in [-0.39, 0.29) is 18.3 Å². The van der Waals surface area contributed by atoms with Crippen LogP contribution in [0.25, 0.3) is 0 Å². The maximum atomic E-state index is 13.0. The first-order valence-corrected chi connectivity index (χ1v) is 9.03. The summed E-state index contributed by atoms with van der Waals surface area (Å²) in [6.45, 7) is 4.74. The number of rotatable bonds is 4. The minimum atomic E-state index is 0. The third-order valence-electron chi connectivity index (χ3n) is 5.60. The van der Waals surface area contributed by atoms with E-state index in [1.54, 1.807) is 0 Å². The number of benzene rings is 1. The Hall–Kier alpha value is -1.26. The number of hydrogen-bond acceptors (Lipinski definition) is 3. The Bertz CT molecular complexity index is 562. The van der Waals surface area contributed by atoms with Crippen molar-refractivity contribution in [3.05, 3.63) is 29.8 Å². The molecule has 4 rings (SSSR count). The lowest BCUT2D eigenvalue weighted by Crippen LogP contribution is -2.33. The number of carbonyl (C=O) groups is 1. The fourth-order valence-corrected chi connectivity index (χ4v) is 3.85. The number of nitrogens with zero attached hydrogens (tertiary/aromatic N) is 1. The minimum absolute atomic E-state index is 0. The van der Waals surface area contributed by atoms with Crippen molar-refractivity contribution < 1.29 is 9.53 Å². The summed E-state index contributed by atoms with van der Waals surface area (Å²) < 4.78 is 5.92. The van der Waals surface area contributed by atoms with Crippen LogP contribution in [0.4, 0.5) is 0 Å². The summed E-state index contributed by atoms with van der Waals surface area (Å²) in [6.07, 6.45) is 4.76. The molecule has 2 saturated heterocycles. The molecule has 3 aliphatic rings. The Balaban J connectivity index is 0.00000169. The molecular weight excluding hydrogens is 324 g/mol. The molecule has 132 valence electrons. The quantitative estimate of drug-likeness (QED) is 0.907. The SMILES string of the molecule is Cl.O=C(c1ccccc1OCC1CC1)N1CC[C@@H]2CNC[C@@H]2CC1. The van der Waals surface area contributed by atoms with Crippen molar-refractivity contribution >= 4 is 18.3 Å². The summed E-state index contributed by atoms with van der Waals surface area (Å²) in [6, 6.07) is 7.75. The van der Waals surface area contributed by atoms with Crippen LogP contribution in [0, 0.1) is 17.8 Å². The van der Waals surface area contributed by atoms with Crippen molar-refractivity contribution in [3.8, 4) is 5.75 Å². The second-order valence-electron chi connectivity index (χ2n) is 7.30. The predicted octanol–water partition coefficient (Wildman–Crippen LogP) is 2.97. The highest BCUT2D eigenvalue weighted by Gasteiger charge is 2.32. The summed E-state index contributed by atoms with van der Waals surface area (Å²) in [5.74, 6) is 3.09. The zero-order chi connectivity index (χ0) is 15.6. The van der Waals surface area contributed by atoms with Crippen LogP contribution < -0.4 is 10.1 Å². The first-order chi connectivity index (χ1) is 11.3. The highest BCUT2D eigenvalue weighted by Crippen LogP contribution is 2.31. The molecule has 1 N–H and O–H groups in total. The van der Waals surface area contributed by atoms with Gasteiger partial charge in [-0.2, -0.15) is 0 Å². The molecular formula is C19H27ClN2O2. The second kappa shape index (κ2) is 7.75. The zero-order valence-corrected chi connectivity index (χ0v) is 14.9. The van der Waals surface area contributed by atoms with Crippen molar-refractivity contribution in [2.24, 2.45) is 17.8 Å². The lowest BCUT2D eigenvalue weighted by Gasteiger charge is -2.22. The zero-order valence-electron chi connectivity index (χ0n) is 14.1. The van der Waals surface area contributed by atoms with Gasteiger partial charge in [-0.25, -0.2) is 0 Å². The number of carbonyl (C=O) groups excluding carboxylic acids is 1. The third-order valence-corrected chi connectivity index (χ3v) is 5.60. The van der Waals surface area contributed by atoms with Crippen molar-refractivity contribution in [1.29, 1.82) is 0 Å². The van der Waals surface area contributed by atoms with Crippen LogP contribution in [0.5, 0.6) is 5.75 Å². The minimum Gasteiger partial charge on any atom is -0.492 e. The molecule has 2 aliphatic heterocycles. The normalized spacial score (nSPS) is 26.2. The van der Waals surface area contributed by atoms with Crippen molar-refractivity contribution in [3.63, 3.8) is 0 Å². The maximum absolute atomic E-state index is 13.0. The van der Waals surface area contributed by atoms with Gasteiger partial charge in [0.15, 0.2) is 0 Å². The molecule has 0 radical (unpaired) electrons. The molecule has 1 aromatic rings. The van der Waals surface area contributed by atoms with Crippen molar-refractivity contribution in [2.75, 3.05) is 32.8 Å². The van der Waals surface area contributed by atoms with Gasteiger partial charge in [-0.1, -0.05) is 12.1 Å². The summed E-state index contributed by atoms with van der Waals surface area (Å²) in [7, 11) is 0. The smallest absolute Gasteiger partial charge is 0.257 e. The van der Waals surface area contributed by atoms with Gasteiger partial charge in [0.05, 0.1) is 12.2 Å². The van der Waals surface area contributed by atoms with Crippen LogP contribution >= 0.6 is 12.4 Å². The largest absolute Gasteiger partial charge is 0.492 e. The van der Waals surface area contributed by atoms with E-state index in [2.05, 4.69) is 5.32 Å². The van der Waals surface area contributed by atoms with E-state index in [1.807, 2.05) is 29.2 Å². The second-order valence-corrected chi connectivity index (χ2v) is 7.30. The highest BCUT2D eigenvalue weighted by molar-refractivity contribution is 5.97. The van der Waals surface area contributed by atoms with Gasteiger partial charge in [0, 0.05) is 13.1 Å². The highest BCUT2D eigenvalue weighted by atomic mass is 35.5. The summed E-state index contributed by atoms with van der Waals surface area (Å²) in [5.41, 5.74) is 0.735. The summed E-state index contributed by atoms with van der Waals surface area (Å²) in [5, 5.41) is 3.49. The Morgan fingerprint density at radius 2 is 1.75 bits per heavy atom. The van der Waals surface area contributed by atoms with Gasteiger partial charge in [-0.15, -0.1) is 12.4 Å². The van der Waals surface area contributed by atoms with Gasteiger partial charge in [0.2, 0.25) is 0 Å². The number of hydrogen-bond donors (Lipinski definition) is 1. The molecule has 0 unspecified atom stereocenters. The van der Waals surface area contributed by atoms with Crippen LogP contribution in [0.15, 0.2) is 24.3 Å². The maximum Gasteiger partial charge on any atom is 0.257 e. The molecule has 1 amide bonds. The molecule has 1 saturated carbocycles. The van der Waals surface area contributed by atoms with Gasteiger partial charge in [-0.3, -0.25) is 4.79 Å². The van der Waals surface area contributed by atoms with Crippen LogP contribution in [-0.4, -0.2) is 43.6 Å². The lowest BCUT2D eigenvalue weighted by atomic mass is 9.92. The standard InChI is InChI=1S/C19H26N2O2.ClH/c22-19(21-9-7-15-11-20-12-16(15)8-10-21)17-3-1-2-4-18(17)23-13-14-5-6-14;/h1-4,14-16,20H,5-13H2;1H/t15-,16+;. The van der Waals surface area contributed by atoms with E-state index < -0.39 is 0 Å². The van der Waals surface area contributed by atoms with Crippen molar-refractivity contribution in [2.45, 2.75) is 25.7 Å². The van der Waals surface area contributed by atoms with E-state index in [0.717, 1.165) is 68.8 Å². The number of ether oxygens (including phenoxy) is 1. The number of nitrogens with one attached hydrogen (secondary N) is 1. The first kappa shape index (κ1) is 17.6. The molecule has 0 aromatic heterocycles. The van der Waals surface area contributed by atoms with Crippen molar-refractivity contribution in [1.82, 2.24) is 10.2 Å². The number of para-hydroxylation sites is 1. The van der Waals surface area contributed by atoms with Gasteiger partial charge in [0.1, 0.15) is 5.75 Å². The van der Waals surface area contributed by atoms with Crippen LogP contribution in [0.2, 0.25) is 0 Å². The molecule has 2 heterocycles. The van der Waals surface area contributed by atoms with E-state index in [0.29, 0.717) is 5.92 Å². The van der Waals surface area contributed by atoms with Gasteiger partial charge in [0.25, 0.3) is 5.91 Å². The van der Waals surface area contributed by atoms with E-state index >= 15 is 0 Å². The monoisotopic (exact) mass is 350 g/mol. The number of amides is 1. The number of fused-ring (bicyclic) bond motifs is 1. The van der Waals surface area contributed by atoms with Gasteiger partial charge < -0.3 is 15.0 Å². The summed E-state index contributed by atoms with van der Waals surface area (Å²) >= 11 is 0. The van der Waals surface area contributed by atoms with E-state index in [9.17, 15) is 4.79 Å². The lowest BCUT2D eigenvalue weighted by molar-refractivity contribution is 0.0754. The summed E-state index contributed by atoms with van der Waals surface area (Å²) in [4.78, 5) is 15.0. The molecule has 3 fully saturated rings. The number of likely N-dealkylation sites (tertiary alicyclic amines) is 1. The molecule has 1 aliphatic carbocycles. The molecule has 0 spiro atoms. The fraction of sp³-hybridized carbons (Fsp3) is 0.632. The Morgan fingerprint density at radius 1 is 1.08 bits per heavy atom. The Morgan fingerprint density at radius 3 is 2.42 bits per heavy atom. The Kier molecular flexibility index (Phi) is 5.67. The topological polar surface area (TPSA) is 41.6 Å². The van der Waals surface area contributed by atoms with Gasteiger partial charge >= 0.3 is 0 Å². The van der Waals surface area contributed by atoms with Crippen LogP contribution in [-0.2, 0) is 0 Å². The van der Waals surface area contributed by atoms with E-state index in [1.165, 1.54) is 12.8 Å². The molecule has 24 heavy (non-hydrogen) atoms. The van der Waals surface area contributed by atoms with Gasteiger partial charge in [-0.05, 0) is 68.7 Å². The molecule has 0 bridgehead atoms. The molecule has 4 nitrogen and oxygen atoms in total. The fourth-order valence-electron chi connectivity index (χ4n) is 3.85. The molecule has 5 heteroatoms. The third kappa shape index (κ3) is 3.86. The van der Waals surface area contributed by atoms with E-state index in [4.69, 9.17) is 4.74 Å². The number of halogens is 1. The first-order valence-electron chi connectivity index (χ1n) is 9.03. The van der Waals surface area contributed by atoms with Crippen LogP contribution in [0.3, 0.4) is 0 Å². The average Bonchev–Trinajstić information content (AvgIpc) is 3.35. The molecule has 2 atom stereocenters. The molecule has 1 aromatic carbocycles. The average molecular weight is 351 g/mol.